The summed E-state index contributed by atoms with van der Waals surface area (Å²) in [5, 5.41) is 11.5. The van der Waals surface area contributed by atoms with Crippen molar-refractivity contribution < 1.29 is 9.53 Å². The minimum Gasteiger partial charge on any atom is -0.481 e. The standard InChI is InChI=1S/C16H13BrN2O2/c1-11(21-15-8-2-12(10-18)3-9-15)16(20)19-14-6-4-13(17)5-7-14/h2-9,11H,1H3,(H,19,20). The predicted octanol–water partition coefficient (Wildman–Crippen LogP) is 3.73. The molecule has 1 amide bonds. The first-order chi connectivity index (χ1) is 10.1. The van der Waals surface area contributed by atoms with Gasteiger partial charge in [0.15, 0.2) is 6.10 Å². The zero-order valence-corrected chi connectivity index (χ0v) is 12.9. The van der Waals surface area contributed by atoms with Crippen LogP contribution in [0.25, 0.3) is 0 Å². The number of rotatable bonds is 4. The normalized spacial score (nSPS) is 11.3. The number of nitrogens with zero attached hydrogens (tertiary/aromatic N) is 1. The molecule has 0 heterocycles. The topological polar surface area (TPSA) is 62.1 Å². The average Bonchev–Trinajstić information content (AvgIpc) is 2.50. The monoisotopic (exact) mass is 344 g/mol. The lowest BCUT2D eigenvalue weighted by Gasteiger charge is -2.14. The van der Waals surface area contributed by atoms with Crippen molar-refractivity contribution in [3.8, 4) is 11.8 Å². The second kappa shape index (κ2) is 6.91. The largest absolute Gasteiger partial charge is 0.481 e. The molecule has 4 nitrogen and oxygen atoms in total. The van der Waals surface area contributed by atoms with Crippen LogP contribution in [-0.2, 0) is 4.79 Å². The highest BCUT2D eigenvalue weighted by atomic mass is 79.9. The van der Waals surface area contributed by atoms with Crippen molar-refractivity contribution in [3.05, 3.63) is 58.6 Å². The van der Waals surface area contributed by atoms with Gasteiger partial charge in [0.1, 0.15) is 5.75 Å². The molecular formula is C16H13BrN2O2. The summed E-state index contributed by atoms with van der Waals surface area (Å²) in [5.41, 5.74) is 1.26. The Balaban J connectivity index is 1.95. The molecule has 0 fully saturated rings. The maximum atomic E-state index is 12.0. The molecular weight excluding hydrogens is 332 g/mol. The highest BCUT2D eigenvalue weighted by Gasteiger charge is 2.14. The summed E-state index contributed by atoms with van der Waals surface area (Å²) in [5.74, 6) is 0.314. The molecule has 1 atom stereocenters. The Bertz CT molecular complexity index is 660. The number of hydrogen-bond acceptors (Lipinski definition) is 3. The number of halogens is 1. The third-order valence-corrected chi connectivity index (χ3v) is 3.31. The van der Waals surface area contributed by atoms with Crippen LogP contribution in [0.5, 0.6) is 5.75 Å². The van der Waals surface area contributed by atoms with Gasteiger partial charge in [0.05, 0.1) is 11.6 Å². The maximum absolute atomic E-state index is 12.0. The molecule has 0 aliphatic rings. The average molecular weight is 345 g/mol. The number of nitriles is 1. The summed E-state index contributed by atoms with van der Waals surface area (Å²) in [6, 6.07) is 16.0. The van der Waals surface area contributed by atoms with Crippen molar-refractivity contribution in [2.45, 2.75) is 13.0 Å². The van der Waals surface area contributed by atoms with Gasteiger partial charge in [-0.3, -0.25) is 4.79 Å². The Morgan fingerprint density at radius 1 is 1.19 bits per heavy atom. The fraction of sp³-hybridized carbons (Fsp3) is 0.125. The van der Waals surface area contributed by atoms with Crippen LogP contribution in [0.2, 0.25) is 0 Å². The molecule has 1 N–H and O–H groups in total. The molecule has 5 heteroatoms. The number of benzene rings is 2. The summed E-state index contributed by atoms with van der Waals surface area (Å²) >= 11 is 3.34. The van der Waals surface area contributed by atoms with Crippen molar-refractivity contribution in [1.82, 2.24) is 0 Å². The van der Waals surface area contributed by atoms with Gasteiger partial charge in [-0.2, -0.15) is 5.26 Å². The summed E-state index contributed by atoms with van der Waals surface area (Å²) in [7, 11) is 0. The van der Waals surface area contributed by atoms with Gasteiger partial charge in [0.2, 0.25) is 0 Å². The molecule has 0 bridgehead atoms. The van der Waals surface area contributed by atoms with E-state index in [0.717, 1.165) is 4.47 Å². The molecule has 0 aliphatic carbocycles. The van der Waals surface area contributed by atoms with Crippen molar-refractivity contribution in [1.29, 1.82) is 5.26 Å². The van der Waals surface area contributed by atoms with E-state index in [9.17, 15) is 4.79 Å². The first-order valence-corrected chi connectivity index (χ1v) is 7.11. The number of ether oxygens (including phenoxy) is 1. The Morgan fingerprint density at radius 2 is 1.81 bits per heavy atom. The van der Waals surface area contributed by atoms with E-state index >= 15 is 0 Å². The lowest BCUT2D eigenvalue weighted by molar-refractivity contribution is -0.122. The molecule has 0 saturated carbocycles. The fourth-order valence-corrected chi connectivity index (χ4v) is 1.91. The van der Waals surface area contributed by atoms with Gasteiger partial charge in [0.25, 0.3) is 5.91 Å². The van der Waals surface area contributed by atoms with Gasteiger partial charge in [-0.05, 0) is 55.5 Å². The first kappa shape index (κ1) is 15.1. The predicted molar refractivity (Wildman–Crippen MR) is 84.0 cm³/mol. The number of nitrogens with one attached hydrogen (secondary N) is 1. The highest BCUT2D eigenvalue weighted by Crippen LogP contribution is 2.16. The van der Waals surface area contributed by atoms with Crippen LogP contribution in [0.4, 0.5) is 5.69 Å². The van der Waals surface area contributed by atoms with E-state index in [1.165, 1.54) is 0 Å². The quantitative estimate of drug-likeness (QED) is 0.919. The lowest BCUT2D eigenvalue weighted by Crippen LogP contribution is -2.30. The van der Waals surface area contributed by atoms with Gasteiger partial charge in [-0.1, -0.05) is 15.9 Å². The Morgan fingerprint density at radius 3 is 2.38 bits per heavy atom. The molecule has 2 aromatic carbocycles. The molecule has 106 valence electrons. The van der Waals surface area contributed by atoms with Gasteiger partial charge in [-0.15, -0.1) is 0 Å². The third kappa shape index (κ3) is 4.33. The van der Waals surface area contributed by atoms with Crippen LogP contribution in [0.1, 0.15) is 12.5 Å². The molecule has 0 aliphatic heterocycles. The summed E-state index contributed by atoms with van der Waals surface area (Å²) in [4.78, 5) is 12.0. The van der Waals surface area contributed by atoms with Crippen LogP contribution in [-0.4, -0.2) is 12.0 Å². The van der Waals surface area contributed by atoms with E-state index in [1.807, 2.05) is 18.2 Å². The smallest absolute Gasteiger partial charge is 0.265 e. The first-order valence-electron chi connectivity index (χ1n) is 6.32. The maximum Gasteiger partial charge on any atom is 0.265 e. The second-order valence-corrected chi connectivity index (χ2v) is 5.31. The highest BCUT2D eigenvalue weighted by molar-refractivity contribution is 9.10. The number of hydrogen-bond donors (Lipinski definition) is 1. The van der Waals surface area contributed by atoms with Crippen LogP contribution < -0.4 is 10.1 Å². The Kier molecular flexibility index (Phi) is 4.96. The summed E-state index contributed by atoms with van der Waals surface area (Å²) < 4.78 is 6.49. The van der Waals surface area contributed by atoms with Crippen molar-refractivity contribution >= 4 is 27.5 Å². The zero-order valence-electron chi connectivity index (χ0n) is 11.3. The van der Waals surface area contributed by atoms with Crippen molar-refractivity contribution in [2.24, 2.45) is 0 Å². The van der Waals surface area contributed by atoms with Crippen molar-refractivity contribution in [3.63, 3.8) is 0 Å². The Hall–Kier alpha value is -2.32. The fourth-order valence-electron chi connectivity index (χ4n) is 1.64. The van der Waals surface area contributed by atoms with Gasteiger partial charge < -0.3 is 10.1 Å². The molecule has 0 spiro atoms. The SMILES string of the molecule is CC(Oc1ccc(C#N)cc1)C(=O)Nc1ccc(Br)cc1. The minimum absolute atomic E-state index is 0.235. The number of amides is 1. The molecule has 1 unspecified atom stereocenters. The molecule has 0 radical (unpaired) electrons. The third-order valence-electron chi connectivity index (χ3n) is 2.78. The summed E-state index contributed by atoms with van der Waals surface area (Å²) in [6.07, 6.45) is -0.637. The second-order valence-electron chi connectivity index (χ2n) is 4.39. The zero-order chi connectivity index (χ0) is 15.2. The van der Waals surface area contributed by atoms with Crippen molar-refractivity contribution in [2.75, 3.05) is 5.32 Å². The van der Waals surface area contributed by atoms with E-state index in [-0.39, 0.29) is 5.91 Å². The summed E-state index contributed by atoms with van der Waals surface area (Å²) in [6.45, 7) is 1.67. The molecule has 0 saturated heterocycles. The number of carbonyl (C=O) groups is 1. The molecule has 2 rings (SSSR count). The van der Waals surface area contributed by atoms with Crippen LogP contribution in [0.3, 0.4) is 0 Å². The van der Waals surface area contributed by atoms with E-state index in [0.29, 0.717) is 17.0 Å². The number of anilines is 1. The number of carbonyl (C=O) groups excluding carboxylic acids is 1. The van der Waals surface area contributed by atoms with Crippen LogP contribution in [0, 0.1) is 11.3 Å². The van der Waals surface area contributed by atoms with E-state index < -0.39 is 6.10 Å². The van der Waals surface area contributed by atoms with Gasteiger partial charge in [0, 0.05) is 10.2 Å². The van der Waals surface area contributed by atoms with Crippen LogP contribution in [0.15, 0.2) is 53.0 Å². The van der Waals surface area contributed by atoms with E-state index in [2.05, 4.69) is 21.2 Å². The Labute approximate surface area is 131 Å². The minimum atomic E-state index is -0.637. The van der Waals surface area contributed by atoms with Gasteiger partial charge >= 0.3 is 0 Å². The lowest BCUT2D eigenvalue weighted by atomic mass is 10.2. The van der Waals surface area contributed by atoms with E-state index in [4.69, 9.17) is 10.00 Å². The molecule has 2 aromatic rings. The van der Waals surface area contributed by atoms with E-state index in [1.54, 1.807) is 43.3 Å². The molecule has 21 heavy (non-hydrogen) atoms. The molecule has 0 aromatic heterocycles. The van der Waals surface area contributed by atoms with Gasteiger partial charge in [-0.25, -0.2) is 0 Å². The van der Waals surface area contributed by atoms with Crippen LogP contribution >= 0.6 is 15.9 Å².